The summed E-state index contributed by atoms with van der Waals surface area (Å²) in [5, 5.41) is 0. The molecule has 1 unspecified atom stereocenters. The first-order valence-corrected chi connectivity index (χ1v) is 10.00. The van der Waals surface area contributed by atoms with Crippen molar-refractivity contribution in [1.82, 2.24) is 9.80 Å². The van der Waals surface area contributed by atoms with Crippen molar-refractivity contribution in [3.05, 3.63) is 29.8 Å². The Morgan fingerprint density at radius 2 is 1.63 bits per heavy atom. The highest BCUT2D eigenvalue weighted by atomic mass is 16.5. The Kier molecular flexibility index (Phi) is 6.05. The van der Waals surface area contributed by atoms with Crippen LogP contribution >= 0.6 is 0 Å². The molecule has 148 valence electrons. The summed E-state index contributed by atoms with van der Waals surface area (Å²) in [7, 11) is 0. The third kappa shape index (κ3) is 4.43. The minimum Gasteiger partial charge on any atom is -0.481 e. The van der Waals surface area contributed by atoms with E-state index in [0.29, 0.717) is 26.2 Å². The van der Waals surface area contributed by atoms with Crippen molar-refractivity contribution in [2.45, 2.75) is 57.6 Å². The lowest BCUT2D eigenvalue weighted by Gasteiger charge is -2.41. The molecule has 6 nitrogen and oxygen atoms in total. The van der Waals surface area contributed by atoms with E-state index in [1.54, 1.807) is 11.8 Å². The van der Waals surface area contributed by atoms with E-state index in [9.17, 15) is 9.59 Å². The molecule has 0 bridgehead atoms. The molecule has 1 saturated heterocycles. The van der Waals surface area contributed by atoms with Gasteiger partial charge in [0.15, 0.2) is 6.10 Å². The van der Waals surface area contributed by atoms with Gasteiger partial charge in [-0.25, -0.2) is 0 Å². The van der Waals surface area contributed by atoms with Gasteiger partial charge in [0.05, 0.1) is 5.54 Å². The minimum atomic E-state index is -0.703. The van der Waals surface area contributed by atoms with Gasteiger partial charge in [0.25, 0.3) is 5.91 Å². The zero-order chi connectivity index (χ0) is 19.4. The van der Waals surface area contributed by atoms with Gasteiger partial charge >= 0.3 is 0 Å². The number of rotatable bonds is 4. The zero-order valence-electron chi connectivity index (χ0n) is 16.4. The zero-order valence-corrected chi connectivity index (χ0v) is 16.4. The molecule has 6 heteroatoms. The molecule has 2 aliphatic rings. The lowest BCUT2D eigenvalue weighted by atomic mass is 9.81. The van der Waals surface area contributed by atoms with Crippen LogP contribution in [-0.4, -0.2) is 59.4 Å². The molecule has 1 saturated carbocycles. The molecule has 1 atom stereocenters. The summed E-state index contributed by atoms with van der Waals surface area (Å²) in [6, 6.07) is 7.69. The van der Waals surface area contributed by atoms with Crippen LogP contribution in [0.1, 0.15) is 44.6 Å². The number of carbonyl (C=O) groups is 2. The molecular weight excluding hydrogens is 342 g/mol. The van der Waals surface area contributed by atoms with Crippen LogP contribution in [0.5, 0.6) is 5.75 Å². The normalized spacial score (nSPS) is 20.9. The maximum atomic E-state index is 12.8. The number of aryl methyl sites for hydroxylation is 1. The monoisotopic (exact) mass is 373 g/mol. The first-order chi connectivity index (χ1) is 12.9. The van der Waals surface area contributed by atoms with Crippen molar-refractivity contribution in [1.29, 1.82) is 0 Å². The molecule has 1 aromatic rings. The van der Waals surface area contributed by atoms with Gasteiger partial charge in [-0.15, -0.1) is 0 Å². The highest BCUT2D eigenvalue weighted by molar-refractivity contribution is 5.87. The van der Waals surface area contributed by atoms with Crippen LogP contribution in [0.2, 0.25) is 0 Å². The third-order valence-corrected chi connectivity index (χ3v) is 5.80. The van der Waals surface area contributed by atoms with Crippen molar-refractivity contribution in [3.8, 4) is 5.75 Å². The first kappa shape index (κ1) is 19.7. The second-order valence-electron chi connectivity index (χ2n) is 7.86. The lowest BCUT2D eigenvalue weighted by molar-refractivity contribution is -0.146. The van der Waals surface area contributed by atoms with Crippen LogP contribution in [0.4, 0.5) is 0 Å². The number of benzene rings is 1. The number of carbonyl (C=O) groups excluding carboxylic acids is 2. The van der Waals surface area contributed by atoms with Gasteiger partial charge in [-0.1, -0.05) is 37.5 Å². The van der Waals surface area contributed by atoms with E-state index >= 15 is 0 Å². The third-order valence-electron chi connectivity index (χ3n) is 5.80. The number of para-hydroxylation sites is 1. The largest absolute Gasteiger partial charge is 0.481 e. The van der Waals surface area contributed by atoms with Gasteiger partial charge in [0.2, 0.25) is 5.91 Å². The molecule has 0 spiro atoms. The molecule has 1 aliphatic heterocycles. The molecule has 0 radical (unpaired) electrons. The van der Waals surface area contributed by atoms with Gasteiger partial charge in [-0.05, 0) is 38.3 Å². The summed E-state index contributed by atoms with van der Waals surface area (Å²) in [6.07, 6.45) is 4.20. The summed E-state index contributed by atoms with van der Waals surface area (Å²) >= 11 is 0. The summed E-state index contributed by atoms with van der Waals surface area (Å²) in [6.45, 7) is 5.89. The standard InChI is InChI=1S/C21H31N3O3/c1-16-8-4-5-9-18(16)27-17(2)19(25)23-12-14-24(15-13-23)20(26)21(22)10-6-3-7-11-21/h4-5,8-9,17H,3,6-7,10-15,22H2,1-2H3. The Balaban J connectivity index is 1.53. The van der Waals surface area contributed by atoms with Crippen LogP contribution in [0, 0.1) is 6.92 Å². The molecule has 27 heavy (non-hydrogen) atoms. The van der Waals surface area contributed by atoms with E-state index < -0.39 is 11.6 Å². The second kappa shape index (κ2) is 8.30. The number of piperazine rings is 1. The number of hydrogen-bond donors (Lipinski definition) is 1. The van der Waals surface area contributed by atoms with Crippen molar-refractivity contribution >= 4 is 11.8 Å². The van der Waals surface area contributed by atoms with E-state index in [1.807, 2.05) is 36.1 Å². The van der Waals surface area contributed by atoms with E-state index in [-0.39, 0.29) is 11.8 Å². The van der Waals surface area contributed by atoms with E-state index in [1.165, 1.54) is 0 Å². The fraction of sp³-hybridized carbons (Fsp3) is 0.619. The first-order valence-electron chi connectivity index (χ1n) is 10.00. The van der Waals surface area contributed by atoms with E-state index in [2.05, 4.69) is 0 Å². The Morgan fingerprint density at radius 3 is 2.26 bits per heavy atom. The molecule has 1 heterocycles. The molecule has 0 aromatic heterocycles. The molecule has 1 aliphatic carbocycles. The highest BCUT2D eigenvalue weighted by Crippen LogP contribution is 2.28. The summed E-state index contributed by atoms with van der Waals surface area (Å²) in [4.78, 5) is 29.2. The van der Waals surface area contributed by atoms with Crippen molar-refractivity contribution in [2.24, 2.45) is 5.73 Å². The molecule has 2 amide bonds. The Morgan fingerprint density at radius 1 is 1.04 bits per heavy atom. The molecule has 2 fully saturated rings. The quantitative estimate of drug-likeness (QED) is 0.877. The van der Waals surface area contributed by atoms with Crippen LogP contribution in [0.3, 0.4) is 0 Å². The smallest absolute Gasteiger partial charge is 0.263 e. The molecular formula is C21H31N3O3. The van der Waals surface area contributed by atoms with Crippen molar-refractivity contribution in [3.63, 3.8) is 0 Å². The van der Waals surface area contributed by atoms with Crippen LogP contribution < -0.4 is 10.5 Å². The fourth-order valence-corrected chi connectivity index (χ4v) is 4.03. The second-order valence-corrected chi connectivity index (χ2v) is 7.86. The van der Waals surface area contributed by atoms with Crippen molar-refractivity contribution in [2.75, 3.05) is 26.2 Å². The van der Waals surface area contributed by atoms with Crippen LogP contribution in [0.25, 0.3) is 0 Å². The number of hydrogen-bond acceptors (Lipinski definition) is 4. The average Bonchev–Trinajstić information content (AvgIpc) is 2.69. The average molecular weight is 373 g/mol. The summed E-state index contributed by atoms with van der Waals surface area (Å²) in [5.41, 5.74) is 6.69. The predicted octanol–water partition coefficient (Wildman–Crippen LogP) is 2.09. The molecule has 1 aromatic carbocycles. The van der Waals surface area contributed by atoms with Gasteiger partial charge in [-0.2, -0.15) is 0 Å². The topological polar surface area (TPSA) is 75.9 Å². The summed E-state index contributed by atoms with van der Waals surface area (Å²) in [5.74, 6) is 0.749. The maximum absolute atomic E-state index is 12.8. The van der Waals surface area contributed by atoms with Gasteiger partial charge in [0.1, 0.15) is 5.75 Å². The maximum Gasteiger partial charge on any atom is 0.263 e. The molecule has 2 N–H and O–H groups in total. The predicted molar refractivity (Wildman–Crippen MR) is 104 cm³/mol. The Labute approximate surface area is 161 Å². The van der Waals surface area contributed by atoms with E-state index in [0.717, 1.165) is 43.4 Å². The van der Waals surface area contributed by atoms with Crippen molar-refractivity contribution < 1.29 is 14.3 Å². The number of ether oxygens (including phenoxy) is 1. The SMILES string of the molecule is Cc1ccccc1OC(C)C(=O)N1CCN(C(=O)C2(N)CCCCC2)CC1. The van der Waals surface area contributed by atoms with Gasteiger partial charge < -0.3 is 20.3 Å². The highest BCUT2D eigenvalue weighted by Gasteiger charge is 2.39. The Hall–Kier alpha value is -2.08. The minimum absolute atomic E-state index is 0.0366. The summed E-state index contributed by atoms with van der Waals surface area (Å²) < 4.78 is 5.85. The van der Waals surface area contributed by atoms with Crippen LogP contribution in [-0.2, 0) is 9.59 Å². The number of nitrogens with zero attached hydrogens (tertiary/aromatic N) is 2. The van der Waals surface area contributed by atoms with Gasteiger partial charge in [0, 0.05) is 26.2 Å². The van der Waals surface area contributed by atoms with Crippen LogP contribution in [0.15, 0.2) is 24.3 Å². The molecule has 3 rings (SSSR count). The number of nitrogens with two attached hydrogens (primary N) is 1. The Bertz CT molecular complexity index is 677. The number of amides is 2. The van der Waals surface area contributed by atoms with Gasteiger partial charge in [-0.3, -0.25) is 9.59 Å². The fourth-order valence-electron chi connectivity index (χ4n) is 4.03. The lowest BCUT2D eigenvalue weighted by Crippen LogP contribution is -2.61. The van der Waals surface area contributed by atoms with E-state index in [4.69, 9.17) is 10.5 Å².